The van der Waals surface area contributed by atoms with Crippen LogP contribution in [-0.2, 0) is 4.84 Å². The van der Waals surface area contributed by atoms with Crippen molar-refractivity contribution in [2.75, 3.05) is 7.11 Å². The number of benzene rings is 1. The molecule has 0 bridgehead atoms. The highest BCUT2D eigenvalue weighted by atomic mass is 16.6. The van der Waals surface area contributed by atoms with Crippen LogP contribution in [0.4, 0.5) is 0 Å². The number of aldehydes is 1. The van der Waals surface area contributed by atoms with Gasteiger partial charge in [0.05, 0.1) is 7.11 Å². The number of hydrogen-bond acceptors (Lipinski definition) is 3. The first kappa shape index (κ1) is 13.9. The second-order valence-electron chi connectivity index (χ2n) is 4.19. The smallest absolute Gasteiger partial charge is 0.150 e. The highest BCUT2D eigenvalue weighted by Gasteiger charge is 2.11. The van der Waals surface area contributed by atoms with Crippen molar-refractivity contribution in [2.24, 2.45) is 0 Å². The third-order valence-electron chi connectivity index (χ3n) is 2.83. The Morgan fingerprint density at radius 3 is 2.29 bits per heavy atom. The van der Waals surface area contributed by atoms with Gasteiger partial charge in [0, 0.05) is 11.6 Å². The Bertz CT molecular complexity index is 292. The van der Waals surface area contributed by atoms with Gasteiger partial charge >= 0.3 is 0 Å². The number of hydroxylamine groups is 1. The van der Waals surface area contributed by atoms with E-state index in [2.05, 4.69) is 5.48 Å². The number of rotatable bonds is 3. The lowest BCUT2D eigenvalue weighted by molar-refractivity contribution is 0.0489. The molecule has 0 radical (unpaired) electrons. The van der Waals surface area contributed by atoms with Crippen LogP contribution < -0.4 is 5.48 Å². The molecule has 94 valence electrons. The van der Waals surface area contributed by atoms with Crippen molar-refractivity contribution in [2.45, 2.75) is 38.1 Å². The van der Waals surface area contributed by atoms with E-state index in [1.54, 1.807) is 19.2 Å². The fourth-order valence-electron chi connectivity index (χ4n) is 1.92. The van der Waals surface area contributed by atoms with Gasteiger partial charge in [-0.3, -0.25) is 4.79 Å². The standard InChI is InChI=1S/C7H15NO.C7H6O/c1-9-8-7-5-3-2-4-6-7;8-6-7-4-2-1-3-5-7/h7-8H,2-6H2,1H3;1-6H. The molecule has 0 atom stereocenters. The second-order valence-corrected chi connectivity index (χ2v) is 4.19. The van der Waals surface area contributed by atoms with E-state index in [9.17, 15) is 4.79 Å². The fraction of sp³-hybridized carbons (Fsp3) is 0.500. The maximum absolute atomic E-state index is 10.0. The average molecular weight is 235 g/mol. The highest BCUT2D eigenvalue weighted by molar-refractivity contribution is 5.74. The lowest BCUT2D eigenvalue weighted by atomic mass is 9.96. The van der Waals surface area contributed by atoms with Gasteiger partial charge in [0.2, 0.25) is 0 Å². The minimum absolute atomic E-state index is 0.628. The Morgan fingerprint density at radius 2 is 1.82 bits per heavy atom. The Morgan fingerprint density at radius 1 is 1.18 bits per heavy atom. The van der Waals surface area contributed by atoms with Gasteiger partial charge in [0.1, 0.15) is 6.29 Å². The van der Waals surface area contributed by atoms with Crippen molar-refractivity contribution in [1.82, 2.24) is 5.48 Å². The Balaban J connectivity index is 0.000000171. The Hall–Kier alpha value is -1.19. The molecule has 1 aromatic rings. The molecule has 0 amide bonds. The summed E-state index contributed by atoms with van der Waals surface area (Å²) in [6.07, 6.45) is 7.53. The third-order valence-corrected chi connectivity index (χ3v) is 2.83. The van der Waals surface area contributed by atoms with Gasteiger partial charge < -0.3 is 4.84 Å². The minimum Gasteiger partial charge on any atom is -0.305 e. The highest BCUT2D eigenvalue weighted by Crippen LogP contribution is 2.16. The molecule has 2 rings (SSSR count). The summed E-state index contributed by atoms with van der Waals surface area (Å²) in [7, 11) is 1.69. The normalized spacial score (nSPS) is 15.8. The van der Waals surface area contributed by atoms with E-state index in [4.69, 9.17) is 4.84 Å². The van der Waals surface area contributed by atoms with Crippen LogP contribution in [0.15, 0.2) is 30.3 Å². The molecule has 0 saturated heterocycles. The molecule has 1 fully saturated rings. The molecule has 17 heavy (non-hydrogen) atoms. The van der Waals surface area contributed by atoms with Gasteiger partial charge in [-0.2, -0.15) is 5.48 Å². The molecule has 1 aromatic carbocycles. The first-order chi connectivity index (χ1) is 8.36. The van der Waals surface area contributed by atoms with Crippen LogP contribution in [0.5, 0.6) is 0 Å². The summed E-state index contributed by atoms with van der Waals surface area (Å²) in [6, 6.07) is 9.73. The summed E-state index contributed by atoms with van der Waals surface area (Å²) in [4.78, 5) is 14.8. The van der Waals surface area contributed by atoms with E-state index in [1.807, 2.05) is 18.2 Å². The summed E-state index contributed by atoms with van der Waals surface area (Å²) in [6.45, 7) is 0. The van der Waals surface area contributed by atoms with E-state index in [0.29, 0.717) is 6.04 Å². The molecular formula is C14H21NO2. The topological polar surface area (TPSA) is 38.3 Å². The largest absolute Gasteiger partial charge is 0.305 e. The van der Waals surface area contributed by atoms with Gasteiger partial charge in [-0.15, -0.1) is 0 Å². The van der Waals surface area contributed by atoms with Gasteiger partial charge in [-0.1, -0.05) is 49.6 Å². The molecule has 0 unspecified atom stereocenters. The summed E-state index contributed by atoms with van der Waals surface area (Å²) < 4.78 is 0. The molecule has 0 heterocycles. The SMILES string of the molecule is CONC1CCCCC1.O=Cc1ccccc1. The van der Waals surface area contributed by atoms with E-state index >= 15 is 0 Å². The molecule has 1 N–H and O–H groups in total. The van der Waals surface area contributed by atoms with Crippen molar-refractivity contribution in [3.63, 3.8) is 0 Å². The lowest BCUT2D eigenvalue weighted by Gasteiger charge is -2.20. The van der Waals surface area contributed by atoms with Crippen LogP contribution in [0.2, 0.25) is 0 Å². The predicted octanol–water partition coefficient (Wildman–Crippen LogP) is 2.97. The van der Waals surface area contributed by atoms with E-state index in [-0.39, 0.29) is 0 Å². The quantitative estimate of drug-likeness (QED) is 0.646. The minimum atomic E-state index is 0.628. The van der Waals surface area contributed by atoms with Crippen LogP contribution in [0.25, 0.3) is 0 Å². The van der Waals surface area contributed by atoms with Crippen molar-refractivity contribution in [1.29, 1.82) is 0 Å². The van der Waals surface area contributed by atoms with Crippen molar-refractivity contribution >= 4 is 6.29 Å². The van der Waals surface area contributed by atoms with Gasteiger partial charge in [-0.05, 0) is 12.8 Å². The Kier molecular flexibility index (Phi) is 7.27. The fourth-order valence-corrected chi connectivity index (χ4v) is 1.92. The lowest BCUT2D eigenvalue weighted by Crippen LogP contribution is -2.29. The van der Waals surface area contributed by atoms with Gasteiger partial charge in [-0.25, -0.2) is 0 Å². The van der Waals surface area contributed by atoms with Gasteiger partial charge in [0.15, 0.2) is 0 Å². The van der Waals surface area contributed by atoms with Crippen molar-refractivity contribution in [3.05, 3.63) is 35.9 Å². The van der Waals surface area contributed by atoms with Crippen LogP contribution in [0, 0.1) is 0 Å². The molecule has 1 aliphatic carbocycles. The van der Waals surface area contributed by atoms with Crippen LogP contribution >= 0.6 is 0 Å². The number of carbonyl (C=O) groups excluding carboxylic acids is 1. The number of carbonyl (C=O) groups is 1. The van der Waals surface area contributed by atoms with E-state index in [0.717, 1.165) is 11.8 Å². The van der Waals surface area contributed by atoms with Crippen LogP contribution in [0.3, 0.4) is 0 Å². The van der Waals surface area contributed by atoms with E-state index < -0.39 is 0 Å². The average Bonchev–Trinajstić information content (AvgIpc) is 2.42. The third kappa shape index (κ3) is 6.19. The predicted molar refractivity (Wildman–Crippen MR) is 68.8 cm³/mol. The summed E-state index contributed by atoms with van der Waals surface area (Å²) >= 11 is 0. The molecule has 0 aromatic heterocycles. The summed E-state index contributed by atoms with van der Waals surface area (Å²) in [5.41, 5.74) is 3.71. The summed E-state index contributed by atoms with van der Waals surface area (Å²) in [5.74, 6) is 0. The van der Waals surface area contributed by atoms with Crippen LogP contribution in [0.1, 0.15) is 42.5 Å². The maximum atomic E-state index is 10.0. The zero-order chi connectivity index (χ0) is 12.3. The number of hydrogen-bond donors (Lipinski definition) is 1. The first-order valence-electron chi connectivity index (χ1n) is 6.15. The van der Waals surface area contributed by atoms with Crippen LogP contribution in [-0.4, -0.2) is 19.4 Å². The van der Waals surface area contributed by atoms with Crippen molar-refractivity contribution < 1.29 is 9.63 Å². The Labute approximate surface area is 103 Å². The molecule has 0 aliphatic heterocycles. The zero-order valence-corrected chi connectivity index (χ0v) is 10.4. The second kappa shape index (κ2) is 8.90. The molecule has 1 aliphatic rings. The zero-order valence-electron chi connectivity index (χ0n) is 10.4. The number of nitrogens with one attached hydrogen (secondary N) is 1. The molecule has 1 saturated carbocycles. The van der Waals surface area contributed by atoms with E-state index in [1.165, 1.54) is 32.1 Å². The van der Waals surface area contributed by atoms with Crippen molar-refractivity contribution in [3.8, 4) is 0 Å². The molecule has 0 spiro atoms. The maximum Gasteiger partial charge on any atom is 0.150 e. The molecule has 3 heteroatoms. The monoisotopic (exact) mass is 235 g/mol. The molecule has 3 nitrogen and oxygen atoms in total. The van der Waals surface area contributed by atoms with Gasteiger partial charge in [0.25, 0.3) is 0 Å². The first-order valence-corrected chi connectivity index (χ1v) is 6.15. The summed E-state index contributed by atoms with van der Waals surface area (Å²) in [5, 5.41) is 0. The molecular weight excluding hydrogens is 214 g/mol.